The van der Waals surface area contributed by atoms with Gasteiger partial charge in [-0.2, -0.15) is 5.10 Å². The standard InChI is InChI=1S/C15H15N5O/c1-8-13(16)9(2)20(19-8)15-11(14(17)21)7-10-5-3-4-6-12(10)18-15/h3-7H,16H2,1-2H3,(H2,17,21). The Labute approximate surface area is 121 Å². The molecule has 0 aliphatic rings. The third-order valence-electron chi connectivity index (χ3n) is 3.52. The van der Waals surface area contributed by atoms with Gasteiger partial charge in [0, 0.05) is 5.39 Å². The average molecular weight is 281 g/mol. The molecule has 0 radical (unpaired) electrons. The molecule has 6 nitrogen and oxygen atoms in total. The fourth-order valence-corrected chi connectivity index (χ4v) is 2.31. The lowest BCUT2D eigenvalue weighted by atomic mass is 10.1. The van der Waals surface area contributed by atoms with Gasteiger partial charge in [0.1, 0.15) is 0 Å². The number of amides is 1. The maximum atomic E-state index is 11.8. The summed E-state index contributed by atoms with van der Waals surface area (Å²) in [7, 11) is 0. The van der Waals surface area contributed by atoms with Crippen molar-refractivity contribution in [3.05, 3.63) is 47.3 Å². The van der Waals surface area contributed by atoms with Crippen LogP contribution in [0.15, 0.2) is 30.3 Å². The first kappa shape index (κ1) is 13.1. The minimum absolute atomic E-state index is 0.319. The minimum Gasteiger partial charge on any atom is -0.396 e. The number of fused-ring (bicyclic) bond motifs is 1. The van der Waals surface area contributed by atoms with E-state index in [1.807, 2.05) is 38.1 Å². The number of anilines is 1. The highest BCUT2D eigenvalue weighted by molar-refractivity contribution is 5.99. The second kappa shape index (κ2) is 4.59. The van der Waals surface area contributed by atoms with Gasteiger partial charge in [0.2, 0.25) is 0 Å². The summed E-state index contributed by atoms with van der Waals surface area (Å²) in [6.45, 7) is 3.64. The van der Waals surface area contributed by atoms with Crippen molar-refractivity contribution in [2.24, 2.45) is 5.73 Å². The molecule has 0 saturated heterocycles. The summed E-state index contributed by atoms with van der Waals surface area (Å²) >= 11 is 0. The summed E-state index contributed by atoms with van der Waals surface area (Å²) in [5.74, 6) is -0.145. The topological polar surface area (TPSA) is 99.8 Å². The molecule has 6 heteroatoms. The highest BCUT2D eigenvalue weighted by atomic mass is 16.1. The van der Waals surface area contributed by atoms with Gasteiger partial charge in [-0.25, -0.2) is 9.67 Å². The molecule has 2 aromatic heterocycles. The van der Waals surface area contributed by atoms with Crippen LogP contribution < -0.4 is 11.5 Å². The van der Waals surface area contributed by atoms with Gasteiger partial charge in [-0.15, -0.1) is 0 Å². The number of aromatic nitrogens is 3. The molecule has 0 fully saturated rings. The van der Waals surface area contributed by atoms with E-state index < -0.39 is 5.91 Å². The van der Waals surface area contributed by atoms with E-state index in [4.69, 9.17) is 11.5 Å². The van der Waals surface area contributed by atoms with Gasteiger partial charge in [-0.3, -0.25) is 4.79 Å². The Hall–Kier alpha value is -2.89. The van der Waals surface area contributed by atoms with Crippen LogP contribution in [0.4, 0.5) is 5.69 Å². The number of carbonyl (C=O) groups excluding carboxylic acids is 1. The number of nitrogens with two attached hydrogens (primary N) is 2. The number of primary amides is 1. The zero-order chi connectivity index (χ0) is 15.1. The van der Waals surface area contributed by atoms with Crippen molar-refractivity contribution in [2.45, 2.75) is 13.8 Å². The predicted octanol–water partition coefficient (Wildman–Crippen LogP) is 1.72. The lowest BCUT2D eigenvalue weighted by Crippen LogP contribution is -2.17. The van der Waals surface area contributed by atoms with Crippen LogP contribution >= 0.6 is 0 Å². The number of benzene rings is 1. The number of aryl methyl sites for hydroxylation is 1. The summed E-state index contributed by atoms with van der Waals surface area (Å²) in [6, 6.07) is 9.26. The van der Waals surface area contributed by atoms with Crippen molar-refractivity contribution >= 4 is 22.5 Å². The van der Waals surface area contributed by atoms with Crippen molar-refractivity contribution in [3.63, 3.8) is 0 Å². The fraction of sp³-hybridized carbons (Fsp3) is 0.133. The number of rotatable bonds is 2. The summed E-state index contributed by atoms with van der Waals surface area (Å²) in [5.41, 5.74) is 14.5. The minimum atomic E-state index is -0.547. The molecule has 1 amide bonds. The van der Waals surface area contributed by atoms with Crippen molar-refractivity contribution in [1.82, 2.24) is 14.8 Å². The van der Waals surface area contributed by atoms with Crippen molar-refractivity contribution in [2.75, 3.05) is 5.73 Å². The Balaban J connectivity index is 2.36. The normalized spacial score (nSPS) is 11.0. The Bertz CT molecular complexity index is 866. The molecule has 4 N–H and O–H groups in total. The predicted molar refractivity (Wildman–Crippen MR) is 81.3 cm³/mol. The number of hydrogen-bond donors (Lipinski definition) is 2. The number of nitrogen functional groups attached to an aromatic ring is 1. The lowest BCUT2D eigenvalue weighted by Gasteiger charge is -2.09. The van der Waals surface area contributed by atoms with Gasteiger partial charge in [0.05, 0.1) is 28.2 Å². The van der Waals surface area contributed by atoms with Crippen LogP contribution in [0.1, 0.15) is 21.7 Å². The van der Waals surface area contributed by atoms with Gasteiger partial charge in [0.15, 0.2) is 5.82 Å². The number of hydrogen-bond acceptors (Lipinski definition) is 4. The molecule has 3 aromatic rings. The number of carbonyl (C=O) groups is 1. The van der Waals surface area contributed by atoms with Gasteiger partial charge in [0.25, 0.3) is 5.91 Å². The van der Waals surface area contributed by atoms with Gasteiger partial charge in [-0.05, 0) is 26.0 Å². The fourth-order valence-electron chi connectivity index (χ4n) is 2.31. The summed E-state index contributed by atoms with van der Waals surface area (Å²) in [5, 5.41) is 5.20. The molecule has 21 heavy (non-hydrogen) atoms. The summed E-state index contributed by atoms with van der Waals surface area (Å²) in [4.78, 5) is 16.3. The number of pyridine rings is 1. The van der Waals surface area contributed by atoms with Crippen LogP contribution in [0.3, 0.4) is 0 Å². The van der Waals surface area contributed by atoms with E-state index in [1.165, 1.54) is 0 Å². The molecule has 0 unspecified atom stereocenters. The first-order valence-electron chi connectivity index (χ1n) is 6.50. The third kappa shape index (κ3) is 2.01. The van der Waals surface area contributed by atoms with E-state index in [-0.39, 0.29) is 0 Å². The molecule has 0 aliphatic heterocycles. The Morgan fingerprint density at radius 1 is 1.24 bits per heavy atom. The molecule has 0 bridgehead atoms. The van der Waals surface area contributed by atoms with Gasteiger partial charge < -0.3 is 11.5 Å². The molecule has 0 saturated carbocycles. The molecule has 0 spiro atoms. The quantitative estimate of drug-likeness (QED) is 0.746. The summed E-state index contributed by atoms with van der Waals surface area (Å²) in [6.07, 6.45) is 0. The first-order chi connectivity index (χ1) is 9.99. The molecule has 1 aromatic carbocycles. The van der Waals surface area contributed by atoms with Crippen LogP contribution in [0, 0.1) is 13.8 Å². The monoisotopic (exact) mass is 281 g/mol. The zero-order valence-electron chi connectivity index (χ0n) is 11.8. The lowest BCUT2D eigenvalue weighted by molar-refractivity contribution is 0.1000. The highest BCUT2D eigenvalue weighted by Crippen LogP contribution is 2.23. The zero-order valence-corrected chi connectivity index (χ0v) is 11.8. The molecule has 2 heterocycles. The third-order valence-corrected chi connectivity index (χ3v) is 3.52. The van der Waals surface area contributed by atoms with Gasteiger partial charge in [-0.1, -0.05) is 18.2 Å². The van der Waals surface area contributed by atoms with Crippen molar-refractivity contribution in [1.29, 1.82) is 0 Å². The SMILES string of the molecule is Cc1nn(-c2nc3ccccc3cc2C(N)=O)c(C)c1N. The van der Waals surface area contributed by atoms with Crippen LogP contribution in [0.25, 0.3) is 16.7 Å². The second-order valence-corrected chi connectivity index (χ2v) is 4.91. The first-order valence-corrected chi connectivity index (χ1v) is 6.50. The maximum absolute atomic E-state index is 11.8. The van der Waals surface area contributed by atoms with E-state index in [9.17, 15) is 4.79 Å². The van der Waals surface area contributed by atoms with Crippen LogP contribution in [-0.4, -0.2) is 20.7 Å². The summed E-state index contributed by atoms with van der Waals surface area (Å²) < 4.78 is 1.57. The molecule has 3 rings (SSSR count). The van der Waals surface area contributed by atoms with Crippen molar-refractivity contribution < 1.29 is 4.79 Å². The number of nitrogens with zero attached hydrogens (tertiary/aromatic N) is 3. The van der Waals surface area contributed by atoms with Gasteiger partial charge >= 0.3 is 0 Å². The number of para-hydroxylation sites is 1. The molecular formula is C15H15N5O. The molecule has 0 atom stereocenters. The Morgan fingerprint density at radius 2 is 1.95 bits per heavy atom. The average Bonchev–Trinajstić information content (AvgIpc) is 2.73. The molecular weight excluding hydrogens is 266 g/mol. The van der Waals surface area contributed by atoms with Crippen LogP contribution in [0.5, 0.6) is 0 Å². The van der Waals surface area contributed by atoms with Crippen LogP contribution in [-0.2, 0) is 0 Å². The Morgan fingerprint density at radius 3 is 2.57 bits per heavy atom. The molecule has 0 aliphatic carbocycles. The van der Waals surface area contributed by atoms with E-state index in [1.54, 1.807) is 10.7 Å². The second-order valence-electron chi connectivity index (χ2n) is 4.91. The van der Waals surface area contributed by atoms with Crippen LogP contribution in [0.2, 0.25) is 0 Å². The highest BCUT2D eigenvalue weighted by Gasteiger charge is 2.18. The van der Waals surface area contributed by atoms with E-state index in [2.05, 4.69) is 10.1 Å². The Kier molecular flexibility index (Phi) is 2.86. The largest absolute Gasteiger partial charge is 0.396 e. The molecule has 106 valence electrons. The van der Waals surface area contributed by atoms with Crippen molar-refractivity contribution in [3.8, 4) is 5.82 Å². The van der Waals surface area contributed by atoms with E-state index in [0.29, 0.717) is 22.8 Å². The smallest absolute Gasteiger partial charge is 0.252 e. The van der Waals surface area contributed by atoms with E-state index >= 15 is 0 Å². The maximum Gasteiger partial charge on any atom is 0.252 e. The van der Waals surface area contributed by atoms with E-state index in [0.717, 1.165) is 16.6 Å².